The van der Waals surface area contributed by atoms with Gasteiger partial charge in [-0.25, -0.2) is 8.42 Å². The zero-order valence-electron chi connectivity index (χ0n) is 22.6. The molecule has 1 heterocycles. The number of sulfonamides is 1. The van der Waals surface area contributed by atoms with Crippen molar-refractivity contribution in [2.45, 2.75) is 88.5 Å². The third-order valence-corrected chi connectivity index (χ3v) is 9.45. The molecular weight excluding hydrogens is 527 g/mol. The van der Waals surface area contributed by atoms with Crippen LogP contribution in [0.2, 0.25) is 0 Å². The van der Waals surface area contributed by atoms with E-state index in [9.17, 15) is 26.4 Å². The van der Waals surface area contributed by atoms with Gasteiger partial charge in [-0.3, -0.25) is 4.79 Å². The van der Waals surface area contributed by atoms with Crippen molar-refractivity contribution in [1.82, 2.24) is 14.9 Å². The standard InChI is InChI=1S/C29H38F3N3O3S/c1-20(2)18-33-19-21-12-13-26-22(15-21)7-5-11-27(26)34-28(36)17-24-9-3-4-14-35(24)39(37,38)25-10-6-8-23(16-25)29(30,31)32/h6,8,10,12-13,15-16,20,24,27,33H,3-5,7,9,11,14,17-19H2,1-2H3,(H,34,36)/t24?,27-/m1/s1. The number of carbonyl (C=O) groups excluding carboxylic acids is 1. The number of piperidine rings is 1. The molecule has 2 aromatic carbocycles. The van der Waals surface area contributed by atoms with E-state index in [0.29, 0.717) is 24.8 Å². The maximum atomic E-state index is 13.4. The van der Waals surface area contributed by atoms with Crippen LogP contribution in [-0.4, -0.2) is 37.8 Å². The highest BCUT2D eigenvalue weighted by Gasteiger charge is 2.37. The summed E-state index contributed by atoms with van der Waals surface area (Å²) in [6.07, 6.45) is -0.130. The van der Waals surface area contributed by atoms with Gasteiger partial charge in [-0.15, -0.1) is 0 Å². The smallest absolute Gasteiger partial charge is 0.349 e. The molecule has 2 aromatic rings. The van der Waals surface area contributed by atoms with E-state index in [0.717, 1.165) is 56.5 Å². The summed E-state index contributed by atoms with van der Waals surface area (Å²) in [6.45, 7) is 6.25. The average Bonchev–Trinajstić information content (AvgIpc) is 2.88. The number of amides is 1. The Balaban J connectivity index is 1.44. The number of hydrogen-bond donors (Lipinski definition) is 2. The maximum Gasteiger partial charge on any atom is 0.416 e. The van der Waals surface area contributed by atoms with Gasteiger partial charge in [-0.05, 0) is 79.5 Å². The second-order valence-electron chi connectivity index (χ2n) is 11.1. The van der Waals surface area contributed by atoms with E-state index in [4.69, 9.17) is 0 Å². The molecule has 0 radical (unpaired) electrons. The van der Waals surface area contributed by atoms with E-state index in [1.807, 2.05) is 0 Å². The summed E-state index contributed by atoms with van der Waals surface area (Å²) in [5.74, 6) is 0.328. The summed E-state index contributed by atoms with van der Waals surface area (Å²) in [6, 6.07) is 9.44. The summed E-state index contributed by atoms with van der Waals surface area (Å²) < 4.78 is 67.6. The van der Waals surface area contributed by atoms with Gasteiger partial charge in [0.25, 0.3) is 0 Å². The van der Waals surface area contributed by atoms with Crippen LogP contribution in [0.15, 0.2) is 47.4 Å². The summed E-state index contributed by atoms with van der Waals surface area (Å²) in [5.41, 5.74) is 2.52. The van der Waals surface area contributed by atoms with Crippen LogP contribution >= 0.6 is 0 Å². The van der Waals surface area contributed by atoms with E-state index in [2.05, 4.69) is 42.7 Å². The zero-order chi connectivity index (χ0) is 28.2. The first-order valence-corrected chi connectivity index (χ1v) is 15.2. The van der Waals surface area contributed by atoms with Crippen molar-refractivity contribution in [3.63, 3.8) is 0 Å². The van der Waals surface area contributed by atoms with Gasteiger partial charge in [0.15, 0.2) is 0 Å². The molecule has 0 spiro atoms. The Morgan fingerprint density at radius 3 is 2.62 bits per heavy atom. The number of hydrogen-bond acceptors (Lipinski definition) is 4. The van der Waals surface area contributed by atoms with Crippen LogP contribution in [0.3, 0.4) is 0 Å². The molecule has 4 rings (SSSR count). The largest absolute Gasteiger partial charge is 0.416 e. The SMILES string of the molecule is CC(C)CNCc1ccc2c(c1)CCC[C@H]2NC(=O)CC1CCCCN1S(=O)(=O)c1cccc(C(F)(F)F)c1. The Kier molecular flexibility index (Phi) is 9.39. The van der Waals surface area contributed by atoms with Crippen LogP contribution in [0.5, 0.6) is 0 Å². The third-order valence-electron chi connectivity index (χ3n) is 7.50. The molecule has 0 saturated carbocycles. The van der Waals surface area contributed by atoms with Gasteiger partial charge in [-0.1, -0.05) is 44.5 Å². The molecule has 0 aromatic heterocycles. The summed E-state index contributed by atoms with van der Waals surface area (Å²) in [7, 11) is -4.19. The highest BCUT2D eigenvalue weighted by Crippen LogP contribution is 2.34. The third kappa shape index (κ3) is 7.41. The molecule has 2 aliphatic rings. The Bertz CT molecular complexity index is 1260. The summed E-state index contributed by atoms with van der Waals surface area (Å²) in [4.78, 5) is 12.8. The molecule has 0 bridgehead atoms. The number of halogens is 3. The minimum atomic E-state index is -4.64. The number of nitrogens with zero attached hydrogens (tertiary/aromatic N) is 1. The fourth-order valence-electron chi connectivity index (χ4n) is 5.56. The van der Waals surface area contributed by atoms with E-state index >= 15 is 0 Å². The molecule has 6 nitrogen and oxygen atoms in total. The molecule has 39 heavy (non-hydrogen) atoms. The van der Waals surface area contributed by atoms with Crippen molar-refractivity contribution in [1.29, 1.82) is 0 Å². The molecule has 1 aliphatic heterocycles. The fraction of sp³-hybridized carbons (Fsp3) is 0.552. The topological polar surface area (TPSA) is 78.5 Å². The summed E-state index contributed by atoms with van der Waals surface area (Å²) >= 11 is 0. The van der Waals surface area contributed by atoms with Crippen molar-refractivity contribution >= 4 is 15.9 Å². The van der Waals surface area contributed by atoms with Crippen LogP contribution in [0.1, 0.15) is 80.7 Å². The molecule has 1 fully saturated rings. The number of fused-ring (bicyclic) bond motifs is 1. The fourth-order valence-corrected chi connectivity index (χ4v) is 7.30. The number of aryl methyl sites for hydroxylation is 1. The maximum absolute atomic E-state index is 13.4. The van der Waals surface area contributed by atoms with Crippen LogP contribution in [0, 0.1) is 5.92 Å². The number of alkyl halides is 3. The molecule has 2 N–H and O–H groups in total. The molecule has 214 valence electrons. The van der Waals surface area contributed by atoms with E-state index in [1.54, 1.807) is 0 Å². The van der Waals surface area contributed by atoms with Gasteiger partial charge < -0.3 is 10.6 Å². The lowest BCUT2D eigenvalue weighted by Crippen LogP contribution is -2.46. The predicted octanol–water partition coefficient (Wildman–Crippen LogP) is 5.58. The highest BCUT2D eigenvalue weighted by molar-refractivity contribution is 7.89. The van der Waals surface area contributed by atoms with Gasteiger partial charge in [0.1, 0.15) is 0 Å². The van der Waals surface area contributed by atoms with Crippen molar-refractivity contribution in [3.05, 3.63) is 64.7 Å². The lowest BCUT2D eigenvalue weighted by Gasteiger charge is -2.35. The van der Waals surface area contributed by atoms with Crippen LogP contribution in [0.25, 0.3) is 0 Å². The number of rotatable bonds is 9. The van der Waals surface area contributed by atoms with Crippen LogP contribution in [-0.2, 0) is 34.0 Å². The van der Waals surface area contributed by atoms with Gasteiger partial charge in [0.05, 0.1) is 16.5 Å². The van der Waals surface area contributed by atoms with E-state index in [-0.39, 0.29) is 24.9 Å². The van der Waals surface area contributed by atoms with Crippen LogP contribution in [0.4, 0.5) is 13.2 Å². The lowest BCUT2D eigenvalue weighted by molar-refractivity contribution is -0.137. The Morgan fingerprint density at radius 2 is 1.87 bits per heavy atom. The average molecular weight is 566 g/mol. The zero-order valence-corrected chi connectivity index (χ0v) is 23.4. The second-order valence-corrected chi connectivity index (χ2v) is 13.0. The van der Waals surface area contributed by atoms with Gasteiger partial charge in [-0.2, -0.15) is 17.5 Å². The normalized spacial score (nSPS) is 20.6. The molecule has 1 amide bonds. The second kappa shape index (κ2) is 12.4. The Labute approximate surface area is 229 Å². The molecular formula is C29H38F3N3O3S. The Morgan fingerprint density at radius 1 is 1.08 bits per heavy atom. The first kappa shape index (κ1) is 29.6. The van der Waals surface area contributed by atoms with Crippen molar-refractivity contribution in [2.75, 3.05) is 13.1 Å². The number of benzene rings is 2. The predicted molar refractivity (Wildman–Crippen MR) is 144 cm³/mol. The van der Waals surface area contributed by atoms with Crippen molar-refractivity contribution in [2.24, 2.45) is 5.92 Å². The van der Waals surface area contributed by atoms with Crippen LogP contribution < -0.4 is 10.6 Å². The van der Waals surface area contributed by atoms with Crippen molar-refractivity contribution in [3.8, 4) is 0 Å². The van der Waals surface area contributed by atoms with E-state index < -0.39 is 32.7 Å². The monoisotopic (exact) mass is 565 g/mol. The Hall–Kier alpha value is -2.43. The molecule has 1 unspecified atom stereocenters. The lowest BCUT2D eigenvalue weighted by atomic mass is 9.86. The molecule has 1 saturated heterocycles. The molecule has 1 aliphatic carbocycles. The van der Waals surface area contributed by atoms with Gasteiger partial charge >= 0.3 is 6.18 Å². The minimum Gasteiger partial charge on any atom is -0.349 e. The van der Waals surface area contributed by atoms with Gasteiger partial charge in [0, 0.05) is 25.6 Å². The molecule has 10 heteroatoms. The minimum absolute atomic E-state index is 0.0266. The van der Waals surface area contributed by atoms with E-state index in [1.165, 1.54) is 21.5 Å². The first-order valence-electron chi connectivity index (χ1n) is 13.8. The van der Waals surface area contributed by atoms with Gasteiger partial charge in [0.2, 0.25) is 15.9 Å². The number of nitrogens with one attached hydrogen (secondary N) is 2. The van der Waals surface area contributed by atoms with Crippen molar-refractivity contribution < 1.29 is 26.4 Å². The quantitative estimate of drug-likeness (QED) is 0.416. The highest BCUT2D eigenvalue weighted by atomic mass is 32.2. The molecule has 2 atom stereocenters. The number of carbonyl (C=O) groups is 1. The first-order chi connectivity index (χ1) is 18.4. The summed E-state index contributed by atoms with van der Waals surface area (Å²) in [5, 5.41) is 6.57.